The van der Waals surface area contributed by atoms with Crippen LogP contribution in [0, 0.1) is 0 Å². The van der Waals surface area contributed by atoms with Crippen LogP contribution in [-0.4, -0.2) is 45.0 Å². The molecule has 3 rings (SSSR count). The Labute approximate surface area is 163 Å². The van der Waals surface area contributed by atoms with Crippen LogP contribution in [0.4, 0.5) is 0 Å². The second-order valence-corrected chi connectivity index (χ2v) is 7.86. The Bertz CT molecular complexity index is 1070. The second-order valence-electron chi connectivity index (χ2n) is 6.09. The van der Waals surface area contributed by atoms with Crippen molar-refractivity contribution in [3.8, 4) is 0 Å². The molecule has 0 atom stereocenters. The molecular formula is C19H21N3O5S. The molecule has 1 heterocycles. The van der Waals surface area contributed by atoms with Crippen LogP contribution < -0.4 is 4.72 Å². The topological polar surface area (TPSA) is 99.5 Å². The third-order valence-electron chi connectivity index (χ3n) is 4.27. The van der Waals surface area contributed by atoms with Gasteiger partial charge in [-0.15, -0.1) is 0 Å². The van der Waals surface area contributed by atoms with Crippen LogP contribution >= 0.6 is 0 Å². The van der Waals surface area contributed by atoms with Gasteiger partial charge in [-0.3, -0.25) is 4.68 Å². The molecule has 8 nitrogen and oxygen atoms in total. The average Bonchev–Trinajstić information content (AvgIpc) is 3.12. The molecule has 0 spiro atoms. The summed E-state index contributed by atoms with van der Waals surface area (Å²) in [6.45, 7) is 1.35. The molecule has 9 heteroatoms. The molecule has 0 unspecified atom stereocenters. The summed E-state index contributed by atoms with van der Waals surface area (Å²) in [5.41, 5.74) is 2.06. The predicted molar refractivity (Wildman–Crippen MR) is 103 cm³/mol. The number of hydrogen-bond acceptors (Lipinski definition) is 6. The summed E-state index contributed by atoms with van der Waals surface area (Å²) in [5, 5.41) is 5.25. The Balaban J connectivity index is 1.71. The third kappa shape index (κ3) is 4.38. The number of aromatic nitrogens is 2. The summed E-state index contributed by atoms with van der Waals surface area (Å²) >= 11 is 0. The Kier molecular flexibility index (Phi) is 6.08. The molecule has 0 saturated heterocycles. The van der Waals surface area contributed by atoms with E-state index in [4.69, 9.17) is 4.74 Å². The molecule has 0 amide bonds. The van der Waals surface area contributed by atoms with Gasteiger partial charge in [-0.2, -0.15) is 5.10 Å². The molecule has 0 aliphatic rings. The first-order valence-corrected chi connectivity index (χ1v) is 10.0. The summed E-state index contributed by atoms with van der Waals surface area (Å²) in [7, 11) is -0.799. The molecule has 0 aliphatic carbocycles. The van der Waals surface area contributed by atoms with E-state index >= 15 is 0 Å². The van der Waals surface area contributed by atoms with Crippen molar-refractivity contribution >= 4 is 26.9 Å². The summed E-state index contributed by atoms with van der Waals surface area (Å²) < 4.78 is 39.1. The Morgan fingerprint density at radius 2 is 1.89 bits per heavy atom. The van der Waals surface area contributed by atoms with Gasteiger partial charge in [-0.1, -0.05) is 6.07 Å². The second kappa shape index (κ2) is 8.51. The molecule has 1 N–H and O–H groups in total. The monoisotopic (exact) mass is 403 g/mol. The van der Waals surface area contributed by atoms with E-state index in [1.54, 1.807) is 13.3 Å². The Morgan fingerprint density at radius 3 is 2.57 bits per heavy atom. The molecule has 0 bridgehead atoms. The molecule has 0 saturated carbocycles. The third-order valence-corrected chi connectivity index (χ3v) is 5.68. The van der Waals surface area contributed by atoms with Gasteiger partial charge >= 0.3 is 5.97 Å². The minimum atomic E-state index is -3.71. The minimum absolute atomic E-state index is 0.0774. The van der Waals surface area contributed by atoms with Crippen molar-refractivity contribution in [2.45, 2.75) is 18.0 Å². The standard InChI is InChI=1S/C19H21N3O5S/c1-26-10-9-22-18-8-3-14(11-16(18)13-20-22)12-21-28(24,25)17-6-4-15(5-7-17)19(23)27-2/h3-8,11,13,21H,9-10,12H2,1-2H3. The number of carbonyl (C=O) groups is 1. The highest BCUT2D eigenvalue weighted by Crippen LogP contribution is 2.17. The van der Waals surface area contributed by atoms with Crippen molar-refractivity contribution in [3.63, 3.8) is 0 Å². The maximum atomic E-state index is 12.5. The van der Waals surface area contributed by atoms with Gasteiger partial charge < -0.3 is 9.47 Å². The molecule has 3 aromatic rings. The molecule has 2 aromatic carbocycles. The van der Waals surface area contributed by atoms with Gasteiger partial charge in [0, 0.05) is 19.0 Å². The normalized spacial score (nSPS) is 11.6. The van der Waals surface area contributed by atoms with Gasteiger partial charge in [0.15, 0.2) is 0 Å². The maximum absolute atomic E-state index is 12.5. The molecule has 28 heavy (non-hydrogen) atoms. The lowest BCUT2D eigenvalue weighted by Crippen LogP contribution is -2.23. The summed E-state index contributed by atoms with van der Waals surface area (Å²) in [4.78, 5) is 11.5. The number of nitrogens with one attached hydrogen (secondary N) is 1. The van der Waals surface area contributed by atoms with Gasteiger partial charge in [0.1, 0.15) is 0 Å². The van der Waals surface area contributed by atoms with Crippen molar-refractivity contribution in [2.75, 3.05) is 20.8 Å². The van der Waals surface area contributed by atoms with E-state index in [9.17, 15) is 13.2 Å². The average molecular weight is 403 g/mol. The Morgan fingerprint density at radius 1 is 1.14 bits per heavy atom. The fourth-order valence-corrected chi connectivity index (χ4v) is 3.77. The van der Waals surface area contributed by atoms with Crippen LogP contribution in [0.3, 0.4) is 0 Å². The lowest BCUT2D eigenvalue weighted by Gasteiger charge is -2.08. The fraction of sp³-hybridized carbons (Fsp3) is 0.263. The number of sulfonamides is 1. The van der Waals surface area contributed by atoms with Crippen molar-refractivity contribution in [2.24, 2.45) is 0 Å². The number of nitrogens with zero attached hydrogens (tertiary/aromatic N) is 2. The van der Waals surface area contributed by atoms with Crippen LogP contribution in [0.15, 0.2) is 53.6 Å². The van der Waals surface area contributed by atoms with Crippen LogP contribution in [-0.2, 0) is 32.6 Å². The van der Waals surface area contributed by atoms with E-state index < -0.39 is 16.0 Å². The van der Waals surface area contributed by atoms with Crippen molar-refractivity contribution in [3.05, 3.63) is 59.8 Å². The van der Waals surface area contributed by atoms with E-state index in [0.29, 0.717) is 13.2 Å². The first-order valence-electron chi connectivity index (χ1n) is 8.56. The largest absolute Gasteiger partial charge is 0.465 e. The fourth-order valence-electron chi connectivity index (χ4n) is 2.75. The highest BCUT2D eigenvalue weighted by atomic mass is 32.2. The van der Waals surface area contributed by atoms with E-state index in [0.717, 1.165) is 16.5 Å². The number of hydrogen-bond donors (Lipinski definition) is 1. The van der Waals surface area contributed by atoms with Gasteiger partial charge in [0.05, 0.1) is 42.4 Å². The predicted octanol–water partition coefficient (Wildman–Crippen LogP) is 1.95. The molecule has 0 fully saturated rings. The van der Waals surface area contributed by atoms with E-state index in [2.05, 4.69) is 14.6 Å². The van der Waals surface area contributed by atoms with Gasteiger partial charge in [-0.05, 0) is 42.0 Å². The van der Waals surface area contributed by atoms with Crippen LogP contribution in [0.25, 0.3) is 10.9 Å². The zero-order valence-electron chi connectivity index (χ0n) is 15.6. The number of benzene rings is 2. The highest BCUT2D eigenvalue weighted by molar-refractivity contribution is 7.89. The zero-order chi connectivity index (χ0) is 20.1. The number of carbonyl (C=O) groups excluding carboxylic acids is 1. The van der Waals surface area contributed by atoms with Crippen LogP contribution in [0.2, 0.25) is 0 Å². The number of ether oxygens (including phenoxy) is 2. The molecule has 1 aromatic heterocycles. The Hall–Kier alpha value is -2.75. The lowest BCUT2D eigenvalue weighted by molar-refractivity contribution is 0.0600. The number of methoxy groups -OCH3 is 2. The van der Waals surface area contributed by atoms with Gasteiger partial charge in [0.25, 0.3) is 0 Å². The maximum Gasteiger partial charge on any atom is 0.337 e. The lowest BCUT2D eigenvalue weighted by atomic mass is 10.1. The van der Waals surface area contributed by atoms with Crippen molar-refractivity contribution < 1.29 is 22.7 Å². The summed E-state index contributed by atoms with van der Waals surface area (Å²) in [6, 6.07) is 11.2. The SMILES string of the molecule is COCCn1ncc2cc(CNS(=O)(=O)c3ccc(C(=O)OC)cc3)ccc21. The first kappa shape index (κ1) is 20.0. The van der Waals surface area contributed by atoms with Crippen molar-refractivity contribution in [1.82, 2.24) is 14.5 Å². The number of esters is 1. The molecule has 148 valence electrons. The minimum Gasteiger partial charge on any atom is -0.465 e. The molecule has 0 aliphatic heterocycles. The smallest absolute Gasteiger partial charge is 0.337 e. The number of fused-ring (bicyclic) bond motifs is 1. The molecular weight excluding hydrogens is 382 g/mol. The van der Waals surface area contributed by atoms with E-state index in [1.807, 2.05) is 22.9 Å². The summed E-state index contributed by atoms with van der Waals surface area (Å²) in [6.07, 6.45) is 1.74. The van der Waals surface area contributed by atoms with Gasteiger partial charge in [-0.25, -0.2) is 17.9 Å². The van der Waals surface area contributed by atoms with Crippen LogP contribution in [0.1, 0.15) is 15.9 Å². The highest BCUT2D eigenvalue weighted by Gasteiger charge is 2.15. The van der Waals surface area contributed by atoms with E-state index in [1.165, 1.54) is 31.4 Å². The van der Waals surface area contributed by atoms with Gasteiger partial charge in [0.2, 0.25) is 10.0 Å². The summed E-state index contributed by atoms with van der Waals surface area (Å²) in [5.74, 6) is -0.517. The quantitative estimate of drug-likeness (QED) is 0.577. The van der Waals surface area contributed by atoms with Crippen LogP contribution in [0.5, 0.6) is 0 Å². The van der Waals surface area contributed by atoms with E-state index in [-0.39, 0.29) is 17.0 Å². The molecule has 0 radical (unpaired) electrons. The van der Waals surface area contributed by atoms with Crippen molar-refractivity contribution in [1.29, 1.82) is 0 Å². The zero-order valence-corrected chi connectivity index (χ0v) is 16.4. The first-order chi connectivity index (χ1) is 13.4. The number of rotatable bonds is 8.